The van der Waals surface area contributed by atoms with Gasteiger partial charge in [0, 0.05) is 24.0 Å². The first-order valence-corrected chi connectivity index (χ1v) is 11.1. The Morgan fingerprint density at radius 2 is 1.91 bits per heavy atom. The zero-order valence-corrected chi connectivity index (χ0v) is 18.5. The second kappa shape index (κ2) is 7.72. The van der Waals surface area contributed by atoms with Crippen molar-refractivity contribution in [3.63, 3.8) is 0 Å². The Kier molecular flexibility index (Phi) is 4.96. The average Bonchev–Trinajstić information content (AvgIpc) is 3.28. The van der Waals surface area contributed by atoms with Crippen molar-refractivity contribution in [2.45, 2.75) is 38.3 Å². The number of carbonyl (C=O) groups excluding carboxylic acids is 3. The molecule has 1 saturated heterocycles. The highest BCUT2D eigenvalue weighted by atomic mass is 19.1. The quantitative estimate of drug-likeness (QED) is 0.589. The van der Waals surface area contributed by atoms with Gasteiger partial charge in [-0.3, -0.25) is 9.59 Å². The number of fused-ring (bicyclic) bond motifs is 5. The molecule has 8 heteroatoms. The van der Waals surface area contributed by atoms with Crippen molar-refractivity contribution in [2.24, 2.45) is 0 Å². The first-order chi connectivity index (χ1) is 15.8. The van der Waals surface area contributed by atoms with E-state index < -0.39 is 29.4 Å². The third-order valence-electron chi connectivity index (χ3n) is 6.89. The number of nitrogens with zero attached hydrogens (tertiary/aromatic N) is 2. The van der Waals surface area contributed by atoms with Crippen LogP contribution in [0.4, 0.5) is 9.18 Å². The van der Waals surface area contributed by atoms with Crippen LogP contribution in [0.5, 0.6) is 0 Å². The summed E-state index contributed by atoms with van der Waals surface area (Å²) < 4.78 is 13.1. The second-order valence-electron chi connectivity index (χ2n) is 8.80. The van der Waals surface area contributed by atoms with Gasteiger partial charge in [0.05, 0.1) is 5.69 Å². The Morgan fingerprint density at radius 1 is 1.18 bits per heavy atom. The Balaban J connectivity index is 1.35. The molecular weight excluding hydrogens is 423 g/mol. The number of H-pyrrole nitrogens is 1. The van der Waals surface area contributed by atoms with Gasteiger partial charge in [0.2, 0.25) is 5.91 Å². The summed E-state index contributed by atoms with van der Waals surface area (Å²) in [5.74, 6) is -1.12. The molecule has 170 valence electrons. The Labute approximate surface area is 190 Å². The fourth-order valence-electron chi connectivity index (χ4n) is 5.01. The molecule has 3 aromatic rings. The molecule has 0 spiro atoms. The average molecular weight is 448 g/mol. The molecule has 0 aliphatic carbocycles. The van der Waals surface area contributed by atoms with Crippen LogP contribution in [0.25, 0.3) is 10.9 Å². The number of rotatable bonds is 5. The van der Waals surface area contributed by atoms with Gasteiger partial charge in [-0.05, 0) is 56.0 Å². The van der Waals surface area contributed by atoms with Gasteiger partial charge in [0.25, 0.3) is 5.91 Å². The molecule has 5 rings (SSSR count). The number of amides is 4. The van der Waals surface area contributed by atoms with Gasteiger partial charge in [-0.1, -0.05) is 30.3 Å². The number of hydrogen-bond donors (Lipinski definition) is 2. The minimum absolute atomic E-state index is 0.314. The van der Waals surface area contributed by atoms with Crippen LogP contribution in [0, 0.1) is 5.82 Å². The van der Waals surface area contributed by atoms with Crippen molar-refractivity contribution in [3.8, 4) is 0 Å². The van der Waals surface area contributed by atoms with Gasteiger partial charge in [0.15, 0.2) is 5.54 Å². The van der Waals surface area contributed by atoms with E-state index in [-0.39, 0.29) is 5.82 Å². The highest BCUT2D eigenvalue weighted by molar-refractivity contribution is 6.10. The molecule has 33 heavy (non-hydrogen) atoms. The third kappa shape index (κ3) is 3.20. The van der Waals surface area contributed by atoms with Gasteiger partial charge in [-0.25, -0.2) is 14.1 Å². The fourth-order valence-corrected chi connectivity index (χ4v) is 5.01. The highest BCUT2D eigenvalue weighted by Gasteiger charge is 2.60. The lowest BCUT2D eigenvalue weighted by Crippen LogP contribution is -2.50. The van der Waals surface area contributed by atoms with E-state index in [0.717, 1.165) is 32.6 Å². The number of para-hydroxylation sites is 1. The zero-order chi connectivity index (χ0) is 23.3. The monoisotopic (exact) mass is 448 g/mol. The van der Waals surface area contributed by atoms with E-state index in [1.165, 1.54) is 12.1 Å². The Hall–Kier alpha value is -3.68. The van der Waals surface area contributed by atoms with E-state index >= 15 is 0 Å². The number of hydrogen-bond acceptors (Lipinski definition) is 3. The van der Waals surface area contributed by atoms with E-state index in [4.69, 9.17) is 0 Å². The summed E-state index contributed by atoms with van der Waals surface area (Å²) in [6.45, 7) is 4.04. The summed E-state index contributed by atoms with van der Waals surface area (Å²) in [5, 5.41) is 3.85. The van der Waals surface area contributed by atoms with Crippen molar-refractivity contribution in [2.75, 3.05) is 13.1 Å². The predicted octanol–water partition coefficient (Wildman–Crippen LogP) is 3.09. The maximum atomic E-state index is 13.6. The number of imide groups is 1. The maximum Gasteiger partial charge on any atom is 0.328 e. The number of halogens is 1. The number of benzene rings is 2. The molecule has 2 N–H and O–H groups in total. The minimum Gasteiger partial charge on any atom is -0.356 e. The molecule has 2 aliphatic heterocycles. The molecule has 3 heterocycles. The molecule has 2 atom stereocenters. The van der Waals surface area contributed by atoms with Gasteiger partial charge >= 0.3 is 6.03 Å². The number of aromatic amines is 1. The lowest BCUT2D eigenvalue weighted by molar-refractivity contribution is -0.139. The first-order valence-electron chi connectivity index (χ1n) is 11.1. The van der Waals surface area contributed by atoms with E-state index in [0.29, 0.717) is 25.9 Å². The first kappa shape index (κ1) is 21.2. The number of aromatic nitrogens is 1. The minimum atomic E-state index is -1.17. The molecule has 0 saturated carbocycles. The predicted molar refractivity (Wildman–Crippen MR) is 121 cm³/mol. The molecule has 2 aliphatic rings. The van der Waals surface area contributed by atoms with Crippen LogP contribution in [0.1, 0.15) is 30.7 Å². The summed E-state index contributed by atoms with van der Waals surface area (Å²) in [5.41, 5.74) is 2.40. The molecule has 1 fully saturated rings. The van der Waals surface area contributed by atoms with Crippen molar-refractivity contribution in [1.82, 2.24) is 20.1 Å². The molecule has 4 amide bonds. The van der Waals surface area contributed by atoms with E-state index in [2.05, 4.69) is 10.3 Å². The summed E-state index contributed by atoms with van der Waals surface area (Å²) >= 11 is 0. The van der Waals surface area contributed by atoms with Gasteiger partial charge in [0.1, 0.15) is 11.9 Å². The maximum absolute atomic E-state index is 13.6. The standard InChI is InChI=1S/C25H25FN4O3/c1-15(22(31)27-13-11-16-7-9-17(26)10-8-16)30-23(32)25(2)21-19(12-14-29(25)24(30)33)18-5-3-4-6-20(18)28-21/h3-10,15,28H,11-14H2,1-2H3,(H,27,31)/t15-,25-/m0/s1. The second-order valence-corrected chi connectivity index (χ2v) is 8.80. The molecular formula is C25H25FN4O3. The van der Waals surface area contributed by atoms with Crippen LogP contribution in [-0.2, 0) is 28.0 Å². The molecule has 1 aromatic heterocycles. The van der Waals surface area contributed by atoms with Crippen LogP contribution in [-0.4, -0.2) is 51.8 Å². The SMILES string of the molecule is C[C@@H](C(=O)NCCc1ccc(F)cc1)N1C(=O)N2CCc3c([nH]c4ccccc34)[C@@]2(C)C1=O. The van der Waals surface area contributed by atoms with Crippen molar-refractivity contribution < 1.29 is 18.8 Å². The van der Waals surface area contributed by atoms with Crippen molar-refractivity contribution >= 4 is 28.7 Å². The smallest absolute Gasteiger partial charge is 0.328 e. The molecule has 0 unspecified atom stereocenters. The van der Waals surface area contributed by atoms with Crippen LogP contribution < -0.4 is 5.32 Å². The van der Waals surface area contributed by atoms with Crippen LogP contribution >= 0.6 is 0 Å². The van der Waals surface area contributed by atoms with Crippen molar-refractivity contribution in [3.05, 3.63) is 71.2 Å². The molecule has 0 radical (unpaired) electrons. The molecule has 7 nitrogen and oxygen atoms in total. The fraction of sp³-hybridized carbons (Fsp3) is 0.320. The van der Waals surface area contributed by atoms with E-state index in [9.17, 15) is 18.8 Å². The highest BCUT2D eigenvalue weighted by Crippen LogP contribution is 2.44. The van der Waals surface area contributed by atoms with Crippen molar-refractivity contribution in [1.29, 1.82) is 0 Å². The van der Waals surface area contributed by atoms with E-state index in [1.54, 1.807) is 30.9 Å². The summed E-state index contributed by atoms with van der Waals surface area (Å²) in [4.78, 5) is 45.7. The van der Waals surface area contributed by atoms with Gasteiger partial charge < -0.3 is 15.2 Å². The number of carbonyl (C=O) groups is 3. The lowest BCUT2D eigenvalue weighted by atomic mass is 9.87. The summed E-state index contributed by atoms with van der Waals surface area (Å²) in [7, 11) is 0. The largest absolute Gasteiger partial charge is 0.356 e. The van der Waals surface area contributed by atoms with E-state index in [1.807, 2.05) is 24.3 Å². The normalized spacial score (nSPS) is 20.7. The molecule has 2 aromatic carbocycles. The molecule has 0 bridgehead atoms. The van der Waals surface area contributed by atoms with Crippen LogP contribution in [0.15, 0.2) is 48.5 Å². The third-order valence-corrected chi connectivity index (χ3v) is 6.89. The summed E-state index contributed by atoms with van der Waals surface area (Å²) in [6.07, 6.45) is 1.16. The zero-order valence-electron chi connectivity index (χ0n) is 18.5. The lowest BCUT2D eigenvalue weighted by Gasteiger charge is -2.36. The topological polar surface area (TPSA) is 85.5 Å². The summed E-state index contributed by atoms with van der Waals surface area (Å²) in [6, 6.07) is 12.5. The number of urea groups is 1. The van der Waals surface area contributed by atoms with Gasteiger partial charge in [-0.2, -0.15) is 0 Å². The number of nitrogens with one attached hydrogen (secondary N) is 2. The van der Waals surface area contributed by atoms with Gasteiger partial charge in [-0.15, -0.1) is 0 Å². The Morgan fingerprint density at radius 3 is 2.67 bits per heavy atom. The van der Waals surface area contributed by atoms with Crippen LogP contribution in [0.3, 0.4) is 0 Å². The Bertz CT molecular complexity index is 1270. The van der Waals surface area contributed by atoms with Crippen LogP contribution in [0.2, 0.25) is 0 Å².